The Morgan fingerprint density at radius 3 is 2.04 bits per heavy atom. The summed E-state index contributed by atoms with van der Waals surface area (Å²) in [5, 5.41) is 4.59. The maximum absolute atomic E-state index is 7.00. The number of furan rings is 1. The number of benzene rings is 6. The summed E-state index contributed by atoms with van der Waals surface area (Å²) >= 11 is 0. The fraction of sp³-hybridized carbons (Fsp3) is 0.0465. The Morgan fingerprint density at radius 1 is 0.574 bits per heavy atom. The average Bonchev–Trinajstić information content (AvgIpc) is 3.82. The first-order valence-corrected chi connectivity index (χ1v) is 16.2. The lowest BCUT2D eigenvalue weighted by atomic mass is 9.98. The molecule has 4 nitrogen and oxygen atoms in total. The molecule has 0 saturated heterocycles. The highest BCUT2D eigenvalue weighted by molar-refractivity contribution is 6.17. The van der Waals surface area contributed by atoms with Crippen LogP contribution in [-0.4, -0.2) is 14.1 Å². The number of rotatable bonds is 4. The molecule has 1 aliphatic rings. The van der Waals surface area contributed by atoms with Crippen LogP contribution in [0.15, 0.2) is 156 Å². The van der Waals surface area contributed by atoms with Crippen molar-refractivity contribution in [2.45, 2.75) is 12.8 Å². The van der Waals surface area contributed by atoms with Crippen molar-refractivity contribution in [3.63, 3.8) is 0 Å². The first-order chi connectivity index (χ1) is 23.3. The Morgan fingerprint density at radius 2 is 1.28 bits per heavy atom. The van der Waals surface area contributed by atoms with Crippen LogP contribution in [0, 0.1) is 0 Å². The number of nitrogens with zero attached hydrogens (tertiary/aromatic N) is 3. The van der Waals surface area contributed by atoms with E-state index in [1.165, 1.54) is 10.8 Å². The van der Waals surface area contributed by atoms with Crippen molar-refractivity contribution in [2.24, 2.45) is 0 Å². The fourth-order valence-corrected chi connectivity index (χ4v) is 7.48. The number of fused-ring (bicyclic) bond motifs is 7. The van der Waals surface area contributed by atoms with E-state index in [0.29, 0.717) is 0 Å². The van der Waals surface area contributed by atoms with Gasteiger partial charge in [-0.25, -0.2) is 4.98 Å². The van der Waals surface area contributed by atoms with E-state index in [9.17, 15) is 0 Å². The molecular weight excluding hydrogens is 574 g/mol. The van der Waals surface area contributed by atoms with Crippen molar-refractivity contribution < 1.29 is 4.42 Å². The third-order valence-electron chi connectivity index (χ3n) is 9.54. The zero-order valence-corrected chi connectivity index (χ0v) is 25.6. The topological polar surface area (TPSA) is 35.9 Å². The molecule has 6 aromatic carbocycles. The summed E-state index contributed by atoms with van der Waals surface area (Å²) in [7, 11) is 0. The van der Waals surface area contributed by atoms with Gasteiger partial charge in [0.15, 0.2) is 5.58 Å². The van der Waals surface area contributed by atoms with E-state index in [1.54, 1.807) is 0 Å². The van der Waals surface area contributed by atoms with Gasteiger partial charge in [-0.15, -0.1) is 0 Å². The molecule has 1 aliphatic carbocycles. The molecule has 0 radical (unpaired) electrons. The van der Waals surface area contributed by atoms with E-state index in [2.05, 4.69) is 161 Å². The minimum absolute atomic E-state index is 0.844. The Kier molecular flexibility index (Phi) is 5.67. The second-order valence-electron chi connectivity index (χ2n) is 12.3. The molecule has 0 amide bonds. The molecule has 10 rings (SSSR count). The Balaban J connectivity index is 1.34. The number of imidazole rings is 1. The lowest BCUT2D eigenvalue weighted by Gasteiger charge is -2.15. The van der Waals surface area contributed by atoms with Gasteiger partial charge in [0, 0.05) is 32.8 Å². The SMILES string of the molecule is C1=CC(n2c(-c3cc(-c4ccccc4)cc4oc5c(-n6c7ccccc7c7ccccc76)cccc5c34)nc3ccccc32)=CCC1. The normalized spacial score (nSPS) is 13.4. The van der Waals surface area contributed by atoms with Crippen LogP contribution < -0.4 is 0 Å². The predicted octanol–water partition coefficient (Wildman–Crippen LogP) is 11.6. The average molecular weight is 604 g/mol. The monoisotopic (exact) mass is 603 g/mol. The van der Waals surface area contributed by atoms with Gasteiger partial charge in [-0.05, 0) is 72.5 Å². The number of aromatic nitrogens is 3. The second-order valence-corrected chi connectivity index (χ2v) is 12.3. The molecule has 4 heteroatoms. The van der Waals surface area contributed by atoms with Crippen molar-refractivity contribution in [1.29, 1.82) is 0 Å². The molecule has 0 unspecified atom stereocenters. The van der Waals surface area contributed by atoms with Gasteiger partial charge in [-0.2, -0.15) is 0 Å². The Labute approximate surface area is 271 Å². The molecule has 0 atom stereocenters. The van der Waals surface area contributed by atoms with Gasteiger partial charge >= 0.3 is 0 Å². The van der Waals surface area contributed by atoms with Gasteiger partial charge in [0.25, 0.3) is 0 Å². The van der Waals surface area contributed by atoms with Crippen LogP contribution in [0.5, 0.6) is 0 Å². The highest BCUT2D eigenvalue weighted by Crippen LogP contribution is 2.44. The minimum Gasteiger partial charge on any atom is -0.454 e. The van der Waals surface area contributed by atoms with Gasteiger partial charge in [0.1, 0.15) is 11.4 Å². The Bertz CT molecular complexity index is 2680. The van der Waals surface area contributed by atoms with Gasteiger partial charge < -0.3 is 8.98 Å². The zero-order valence-electron chi connectivity index (χ0n) is 25.6. The molecule has 0 spiro atoms. The summed E-state index contributed by atoms with van der Waals surface area (Å²) in [5.74, 6) is 0.914. The summed E-state index contributed by atoms with van der Waals surface area (Å²) < 4.78 is 11.7. The lowest BCUT2D eigenvalue weighted by molar-refractivity contribution is 0.666. The summed E-state index contributed by atoms with van der Waals surface area (Å²) in [6, 6.07) is 47.2. The van der Waals surface area contributed by atoms with Gasteiger partial charge in [0.05, 0.1) is 27.8 Å². The van der Waals surface area contributed by atoms with Crippen LogP contribution in [0.3, 0.4) is 0 Å². The van der Waals surface area contributed by atoms with Crippen LogP contribution in [0.25, 0.3) is 88.7 Å². The lowest BCUT2D eigenvalue weighted by Crippen LogP contribution is -2.01. The number of hydrogen-bond donors (Lipinski definition) is 0. The predicted molar refractivity (Wildman–Crippen MR) is 195 cm³/mol. The molecule has 9 aromatic rings. The van der Waals surface area contributed by atoms with E-state index in [-0.39, 0.29) is 0 Å². The third-order valence-corrected chi connectivity index (χ3v) is 9.54. The largest absolute Gasteiger partial charge is 0.454 e. The van der Waals surface area contributed by atoms with E-state index in [4.69, 9.17) is 9.40 Å². The van der Waals surface area contributed by atoms with E-state index < -0.39 is 0 Å². The number of allylic oxidation sites excluding steroid dienone is 4. The summed E-state index contributed by atoms with van der Waals surface area (Å²) in [6.45, 7) is 0. The third kappa shape index (κ3) is 3.91. The molecule has 222 valence electrons. The summed E-state index contributed by atoms with van der Waals surface area (Å²) in [5.41, 5.74) is 11.5. The number of para-hydroxylation sites is 5. The molecule has 47 heavy (non-hydrogen) atoms. The first-order valence-electron chi connectivity index (χ1n) is 16.2. The van der Waals surface area contributed by atoms with Crippen molar-refractivity contribution >= 4 is 60.5 Å². The van der Waals surface area contributed by atoms with Gasteiger partial charge in [0.2, 0.25) is 0 Å². The molecular formula is C43H29N3O. The highest BCUT2D eigenvalue weighted by Gasteiger charge is 2.24. The first kappa shape index (κ1) is 26.1. The van der Waals surface area contributed by atoms with Crippen molar-refractivity contribution in [2.75, 3.05) is 0 Å². The van der Waals surface area contributed by atoms with E-state index >= 15 is 0 Å². The van der Waals surface area contributed by atoms with Crippen LogP contribution in [0.2, 0.25) is 0 Å². The van der Waals surface area contributed by atoms with Crippen molar-refractivity contribution in [1.82, 2.24) is 14.1 Å². The quantitative estimate of drug-likeness (QED) is 0.201. The van der Waals surface area contributed by atoms with Crippen LogP contribution in [0.1, 0.15) is 12.8 Å². The number of hydrogen-bond acceptors (Lipinski definition) is 2. The standard InChI is InChI=1S/C43H29N3O/c1-3-14-28(15-4-1)29-26-34(43-44-35-21-9-12-24-38(35)45(43)30-16-5-2-6-17-30)41-33-20-13-25-39(42(33)47-40(41)27-29)46-36-22-10-7-18-31(36)32-19-8-11-23-37(32)46/h1,3-5,7-27H,2,6H2. The van der Waals surface area contributed by atoms with Gasteiger partial charge in [-0.1, -0.05) is 103 Å². The second kappa shape index (κ2) is 10.2. The van der Waals surface area contributed by atoms with Crippen molar-refractivity contribution in [3.8, 4) is 28.2 Å². The molecule has 0 aliphatic heterocycles. The highest BCUT2D eigenvalue weighted by atomic mass is 16.3. The van der Waals surface area contributed by atoms with E-state index in [1.807, 2.05) is 0 Å². The minimum atomic E-state index is 0.844. The van der Waals surface area contributed by atoms with Gasteiger partial charge in [-0.3, -0.25) is 4.57 Å². The maximum Gasteiger partial charge on any atom is 0.159 e. The molecule has 3 heterocycles. The summed E-state index contributed by atoms with van der Waals surface area (Å²) in [4.78, 5) is 5.32. The van der Waals surface area contributed by atoms with Crippen LogP contribution >= 0.6 is 0 Å². The zero-order chi connectivity index (χ0) is 30.9. The molecule has 0 saturated carbocycles. The summed E-state index contributed by atoms with van der Waals surface area (Å²) in [6.07, 6.45) is 8.87. The molecule has 0 fully saturated rings. The maximum atomic E-state index is 7.00. The van der Waals surface area contributed by atoms with Crippen molar-refractivity contribution in [3.05, 3.63) is 152 Å². The molecule has 0 bridgehead atoms. The fourth-order valence-electron chi connectivity index (χ4n) is 7.48. The van der Waals surface area contributed by atoms with E-state index in [0.717, 1.165) is 90.7 Å². The Hall–Kier alpha value is -6.13. The van der Waals surface area contributed by atoms with Crippen LogP contribution in [-0.2, 0) is 0 Å². The molecule has 0 N–H and O–H groups in total. The van der Waals surface area contributed by atoms with Crippen LogP contribution in [0.4, 0.5) is 0 Å². The smallest absolute Gasteiger partial charge is 0.159 e. The molecule has 3 aromatic heterocycles.